The Kier molecular flexibility index (Phi) is 3.82. The molecule has 0 amide bonds. The van der Waals surface area contributed by atoms with Gasteiger partial charge in [-0.25, -0.2) is 0 Å². The van der Waals surface area contributed by atoms with E-state index in [0.717, 1.165) is 11.3 Å². The summed E-state index contributed by atoms with van der Waals surface area (Å²) in [7, 11) is 1.62. The van der Waals surface area contributed by atoms with Crippen molar-refractivity contribution in [1.82, 2.24) is 0 Å². The van der Waals surface area contributed by atoms with E-state index in [4.69, 9.17) is 9.47 Å². The Bertz CT molecular complexity index is 358. The third-order valence-electron chi connectivity index (χ3n) is 1.82. The highest BCUT2D eigenvalue weighted by Gasteiger charge is 2.12. The molecule has 3 heteroatoms. The lowest BCUT2D eigenvalue weighted by molar-refractivity contribution is -0.0114. The van der Waals surface area contributed by atoms with E-state index in [0.29, 0.717) is 0 Å². The number of aliphatic hydroxyl groups excluding tert-OH is 1. The summed E-state index contributed by atoms with van der Waals surface area (Å²) < 4.78 is 10.3. The van der Waals surface area contributed by atoms with Crippen molar-refractivity contribution >= 4 is 6.08 Å². The molecule has 0 atom stereocenters. The highest BCUT2D eigenvalue weighted by molar-refractivity contribution is 5.51. The molecule has 16 heavy (non-hydrogen) atoms. The summed E-state index contributed by atoms with van der Waals surface area (Å²) in [5.41, 5.74) is 0.468. The first-order valence-electron chi connectivity index (χ1n) is 5.14. The second-order valence-electron chi connectivity index (χ2n) is 4.47. The molecule has 0 aliphatic heterocycles. The fraction of sp³-hybridized carbons (Fsp3) is 0.385. The van der Waals surface area contributed by atoms with Gasteiger partial charge < -0.3 is 14.6 Å². The summed E-state index contributed by atoms with van der Waals surface area (Å²) in [5, 5.41) is 9.57. The van der Waals surface area contributed by atoms with Crippen molar-refractivity contribution in [1.29, 1.82) is 0 Å². The lowest BCUT2D eigenvalue weighted by Gasteiger charge is -2.19. The highest BCUT2D eigenvalue weighted by atomic mass is 16.6. The molecule has 0 bridgehead atoms. The molecule has 3 nitrogen and oxygen atoms in total. The Labute approximate surface area is 96.3 Å². The third-order valence-corrected chi connectivity index (χ3v) is 1.82. The second kappa shape index (κ2) is 4.92. The normalized spacial score (nSPS) is 12.4. The molecule has 0 saturated carbocycles. The van der Waals surface area contributed by atoms with E-state index in [-0.39, 0.29) is 5.95 Å². The molecular formula is C13H18O3. The van der Waals surface area contributed by atoms with E-state index in [1.54, 1.807) is 13.2 Å². The largest absolute Gasteiger partial charge is 0.497 e. The monoisotopic (exact) mass is 222 g/mol. The van der Waals surface area contributed by atoms with Crippen molar-refractivity contribution in [2.75, 3.05) is 7.11 Å². The minimum absolute atomic E-state index is 0.0855. The van der Waals surface area contributed by atoms with Crippen LogP contribution < -0.4 is 4.74 Å². The fourth-order valence-corrected chi connectivity index (χ4v) is 1.19. The van der Waals surface area contributed by atoms with Gasteiger partial charge in [-0.2, -0.15) is 0 Å². The van der Waals surface area contributed by atoms with Gasteiger partial charge in [-0.15, -0.1) is 0 Å². The molecule has 0 spiro atoms. The van der Waals surface area contributed by atoms with Gasteiger partial charge >= 0.3 is 0 Å². The summed E-state index contributed by atoms with van der Waals surface area (Å²) in [4.78, 5) is 0. The molecule has 0 fully saturated rings. The van der Waals surface area contributed by atoms with Gasteiger partial charge in [0, 0.05) is 6.08 Å². The first-order chi connectivity index (χ1) is 7.40. The summed E-state index contributed by atoms with van der Waals surface area (Å²) in [5.74, 6) is 0.700. The van der Waals surface area contributed by atoms with Gasteiger partial charge in [0.2, 0.25) is 0 Å². The number of rotatable bonds is 3. The van der Waals surface area contributed by atoms with Crippen LogP contribution in [0.1, 0.15) is 26.3 Å². The Hall–Kier alpha value is -1.64. The molecule has 0 saturated heterocycles. The average Bonchev–Trinajstić information content (AvgIpc) is 2.16. The zero-order chi connectivity index (χ0) is 12.2. The number of ether oxygens (including phenoxy) is 2. The van der Waals surface area contributed by atoms with E-state index in [9.17, 15) is 5.11 Å². The molecular weight excluding hydrogens is 204 g/mol. The standard InChI is InChI=1S/C13H18O3/c1-13(2,3)16-12(14)9-10-5-7-11(15-4)8-6-10/h5-9,14H,1-4H3/b12-9-. The van der Waals surface area contributed by atoms with Crippen molar-refractivity contribution in [3.63, 3.8) is 0 Å². The van der Waals surface area contributed by atoms with Crippen molar-refractivity contribution in [3.05, 3.63) is 35.8 Å². The van der Waals surface area contributed by atoms with Crippen molar-refractivity contribution < 1.29 is 14.6 Å². The second-order valence-corrected chi connectivity index (χ2v) is 4.47. The number of benzene rings is 1. The minimum Gasteiger partial charge on any atom is -0.497 e. The molecule has 88 valence electrons. The summed E-state index contributed by atoms with van der Waals surface area (Å²) in [6, 6.07) is 7.36. The number of aliphatic hydroxyl groups is 1. The average molecular weight is 222 g/mol. The van der Waals surface area contributed by atoms with Crippen molar-refractivity contribution in [2.24, 2.45) is 0 Å². The van der Waals surface area contributed by atoms with Crippen LogP contribution in [-0.4, -0.2) is 17.8 Å². The SMILES string of the molecule is COc1ccc(/C=C(/O)OC(C)(C)C)cc1. The number of hydrogen-bond donors (Lipinski definition) is 1. The van der Waals surface area contributed by atoms with E-state index in [1.807, 2.05) is 45.0 Å². The van der Waals surface area contributed by atoms with Gasteiger partial charge in [0.15, 0.2) is 0 Å². The molecule has 1 aromatic rings. The summed E-state index contributed by atoms with van der Waals surface area (Å²) >= 11 is 0. The molecule has 0 radical (unpaired) electrons. The Morgan fingerprint density at radius 3 is 2.19 bits per heavy atom. The van der Waals surface area contributed by atoms with E-state index in [1.165, 1.54) is 0 Å². The maximum atomic E-state index is 9.57. The van der Waals surface area contributed by atoms with Crippen LogP contribution in [0.5, 0.6) is 5.75 Å². The van der Waals surface area contributed by atoms with Crippen LogP contribution >= 0.6 is 0 Å². The smallest absolute Gasteiger partial charge is 0.277 e. The molecule has 1 aromatic carbocycles. The van der Waals surface area contributed by atoms with Crippen molar-refractivity contribution in [2.45, 2.75) is 26.4 Å². The maximum absolute atomic E-state index is 9.57. The van der Waals surface area contributed by atoms with Gasteiger partial charge in [0.05, 0.1) is 7.11 Å². The van der Waals surface area contributed by atoms with Gasteiger partial charge in [0.1, 0.15) is 11.4 Å². The highest BCUT2D eigenvalue weighted by Crippen LogP contribution is 2.16. The molecule has 0 aliphatic carbocycles. The lowest BCUT2D eigenvalue weighted by atomic mass is 10.2. The quantitative estimate of drug-likeness (QED) is 0.797. The predicted molar refractivity (Wildman–Crippen MR) is 64.4 cm³/mol. The predicted octanol–water partition coefficient (Wildman–Crippen LogP) is 3.37. The molecule has 0 heterocycles. The molecule has 0 unspecified atom stereocenters. The van der Waals surface area contributed by atoms with E-state index >= 15 is 0 Å². The summed E-state index contributed by atoms with van der Waals surface area (Å²) in [6.45, 7) is 5.64. The third kappa shape index (κ3) is 4.26. The van der Waals surface area contributed by atoms with Crippen LogP contribution in [0, 0.1) is 0 Å². The Morgan fingerprint density at radius 1 is 1.19 bits per heavy atom. The molecule has 1 rings (SSSR count). The van der Waals surface area contributed by atoms with E-state index < -0.39 is 5.60 Å². The Morgan fingerprint density at radius 2 is 1.75 bits per heavy atom. The van der Waals surface area contributed by atoms with Crippen LogP contribution in [0.25, 0.3) is 6.08 Å². The zero-order valence-corrected chi connectivity index (χ0v) is 10.2. The van der Waals surface area contributed by atoms with Gasteiger partial charge in [-0.3, -0.25) is 0 Å². The first kappa shape index (κ1) is 12.4. The topological polar surface area (TPSA) is 38.7 Å². The van der Waals surface area contributed by atoms with Crippen LogP contribution in [0.3, 0.4) is 0 Å². The zero-order valence-electron chi connectivity index (χ0n) is 10.2. The van der Waals surface area contributed by atoms with Crippen LogP contribution in [0.4, 0.5) is 0 Å². The minimum atomic E-state index is -0.396. The molecule has 0 aliphatic rings. The molecule has 1 N–H and O–H groups in total. The van der Waals surface area contributed by atoms with Gasteiger partial charge in [-0.05, 0) is 38.5 Å². The Balaban J connectivity index is 2.74. The van der Waals surface area contributed by atoms with Gasteiger partial charge in [0.25, 0.3) is 5.95 Å². The summed E-state index contributed by atoms with van der Waals surface area (Å²) in [6.07, 6.45) is 1.57. The van der Waals surface area contributed by atoms with Crippen LogP contribution in [0.2, 0.25) is 0 Å². The van der Waals surface area contributed by atoms with Crippen LogP contribution in [0.15, 0.2) is 30.2 Å². The van der Waals surface area contributed by atoms with Crippen LogP contribution in [-0.2, 0) is 4.74 Å². The maximum Gasteiger partial charge on any atom is 0.277 e. The molecule has 0 aromatic heterocycles. The number of methoxy groups -OCH3 is 1. The van der Waals surface area contributed by atoms with E-state index in [2.05, 4.69) is 0 Å². The fourth-order valence-electron chi connectivity index (χ4n) is 1.19. The first-order valence-corrected chi connectivity index (χ1v) is 5.14. The van der Waals surface area contributed by atoms with Gasteiger partial charge in [-0.1, -0.05) is 12.1 Å². The lowest BCUT2D eigenvalue weighted by Crippen LogP contribution is -2.18. The number of hydrogen-bond acceptors (Lipinski definition) is 3. The van der Waals surface area contributed by atoms with Crippen molar-refractivity contribution in [3.8, 4) is 5.75 Å².